The Morgan fingerprint density at radius 3 is 2.60 bits per heavy atom. The van der Waals surface area contributed by atoms with E-state index in [-0.39, 0.29) is 23.9 Å². The van der Waals surface area contributed by atoms with Crippen LogP contribution in [0.4, 0.5) is 4.79 Å². The number of carbonyl (C=O) groups excluding carboxylic acids is 1. The second-order valence-corrected chi connectivity index (χ2v) is 6.14. The number of urea groups is 1. The number of aliphatic carboxylic acids is 1. The van der Waals surface area contributed by atoms with E-state index in [1.54, 1.807) is 0 Å². The van der Waals surface area contributed by atoms with Crippen LogP contribution in [0.25, 0.3) is 0 Å². The highest BCUT2D eigenvalue weighted by Crippen LogP contribution is 2.31. The lowest BCUT2D eigenvalue weighted by Gasteiger charge is -2.20. The number of amides is 2. The number of nitrogens with one attached hydrogen (secondary N) is 2. The molecule has 116 valence electrons. The van der Waals surface area contributed by atoms with Gasteiger partial charge in [0.25, 0.3) is 0 Å². The van der Waals surface area contributed by atoms with E-state index in [1.807, 2.05) is 6.92 Å². The fourth-order valence-electron chi connectivity index (χ4n) is 2.93. The van der Waals surface area contributed by atoms with Crippen molar-refractivity contribution in [1.82, 2.24) is 10.6 Å². The molecule has 0 spiro atoms. The van der Waals surface area contributed by atoms with Gasteiger partial charge in [0, 0.05) is 12.6 Å². The molecule has 2 amide bonds. The molecule has 1 aliphatic carbocycles. The van der Waals surface area contributed by atoms with E-state index in [4.69, 9.17) is 5.11 Å². The highest BCUT2D eigenvalue weighted by Gasteiger charge is 2.32. The van der Waals surface area contributed by atoms with Gasteiger partial charge >= 0.3 is 12.0 Å². The first-order valence-corrected chi connectivity index (χ1v) is 7.71. The molecule has 0 bridgehead atoms. The van der Waals surface area contributed by atoms with Crippen molar-refractivity contribution in [2.45, 2.75) is 58.9 Å². The Bertz CT molecular complexity index is 333. The molecule has 4 atom stereocenters. The normalized spacial score (nSPS) is 24.9. The Labute approximate surface area is 121 Å². The largest absolute Gasteiger partial charge is 0.481 e. The highest BCUT2D eigenvalue weighted by molar-refractivity contribution is 5.74. The highest BCUT2D eigenvalue weighted by atomic mass is 16.4. The van der Waals surface area contributed by atoms with Crippen molar-refractivity contribution in [2.75, 3.05) is 6.54 Å². The van der Waals surface area contributed by atoms with Crippen LogP contribution in [0.1, 0.15) is 52.9 Å². The Kier molecular flexibility index (Phi) is 6.82. The summed E-state index contributed by atoms with van der Waals surface area (Å²) in [6.45, 7) is 6.77. The number of rotatable bonds is 7. The summed E-state index contributed by atoms with van der Waals surface area (Å²) in [6, 6.07) is -0.0411. The van der Waals surface area contributed by atoms with Crippen LogP contribution >= 0.6 is 0 Å². The monoisotopic (exact) mass is 284 g/mol. The topological polar surface area (TPSA) is 78.4 Å². The lowest BCUT2D eigenvalue weighted by Crippen LogP contribution is -2.43. The molecule has 3 N–H and O–H groups in total. The third kappa shape index (κ3) is 5.39. The average Bonchev–Trinajstić information content (AvgIpc) is 2.84. The summed E-state index contributed by atoms with van der Waals surface area (Å²) in [5.74, 6) is -0.368. The van der Waals surface area contributed by atoms with Gasteiger partial charge in [-0.3, -0.25) is 4.79 Å². The Morgan fingerprint density at radius 1 is 1.30 bits per heavy atom. The molecule has 0 aromatic rings. The number of hydrogen-bond donors (Lipinski definition) is 3. The lowest BCUT2D eigenvalue weighted by molar-refractivity contribution is -0.142. The van der Waals surface area contributed by atoms with Crippen molar-refractivity contribution in [1.29, 1.82) is 0 Å². The SMILES string of the molecule is CCC(C)CC(C)NC(=O)NCC1CCCC1C(=O)O. The zero-order valence-electron chi connectivity index (χ0n) is 12.8. The summed E-state index contributed by atoms with van der Waals surface area (Å²) >= 11 is 0. The van der Waals surface area contributed by atoms with E-state index in [2.05, 4.69) is 24.5 Å². The van der Waals surface area contributed by atoms with Crippen LogP contribution in [-0.4, -0.2) is 29.7 Å². The molecule has 5 heteroatoms. The van der Waals surface area contributed by atoms with Gasteiger partial charge in [0.15, 0.2) is 0 Å². The maximum absolute atomic E-state index is 11.8. The van der Waals surface area contributed by atoms with Crippen LogP contribution in [0.15, 0.2) is 0 Å². The summed E-state index contributed by atoms with van der Waals surface area (Å²) in [5.41, 5.74) is 0. The molecule has 20 heavy (non-hydrogen) atoms. The van der Waals surface area contributed by atoms with Gasteiger partial charge in [0.05, 0.1) is 5.92 Å². The van der Waals surface area contributed by atoms with E-state index in [9.17, 15) is 9.59 Å². The van der Waals surface area contributed by atoms with Crippen LogP contribution in [0.5, 0.6) is 0 Å². The molecular weight excluding hydrogens is 256 g/mol. The fourth-order valence-corrected chi connectivity index (χ4v) is 2.93. The van der Waals surface area contributed by atoms with Gasteiger partial charge in [0.2, 0.25) is 0 Å². The molecule has 0 saturated heterocycles. The van der Waals surface area contributed by atoms with Crippen molar-refractivity contribution in [2.24, 2.45) is 17.8 Å². The second kappa shape index (κ2) is 8.12. The smallest absolute Gasteiger partial charge is 0.315 e. The van der Waals surface area contributed by atoms with Crippen LogP contribution in [0, 0.1) is 17.8 Å². The van der Waals surface area contributed by atoms with Gasteiger partial charge < -0.3 is 15.7 Å². The minimum atomic E-state index is -0.736. The maximum atomic E-state index is 11.8. The molecule has 0 heterocycles. The average molecular weight is 284 g/mol. The Balaban J connectivity index is 2.27. The van der Waals surface area contributed by atoms with E-state index in [0.717, 1.165) is 32.1 Å². The Hall–Kier alpha value is -1.26. The third-order valence-corrected chi connectivity index (χ3v) is 4.33. The van der Waals surface area contributed by atoms with Gasteiger partial charge in [-0.25, -0.2) is 4.79 Å². The summed E-state index contributed by atoms with van der Waals surface area (Å²) in [6.07, 6.45) is 4.63. The molecule has 4 unspecified atom stereocenters. The van der Waals surface area contributed by atoms with Gasteiger partial charge in [-0.05, 0) is 38.0 Å². The standard InChI is InChI=1S/C15H28N2O3/c1-4-10(2)8-11(3)17-15(20)16-9-12-6-5-7-13(12)14(18)19/h10-13H,4-9H2,1-3H3,(H,18,19)(H2,16,17,20). The molecule has 1 rings (SSSR count). The van der Waals surface area contributed by atoms with Gasteiger partial charge in [0.1, 0.15) is 0 Å². The number of carbonyl (C=O) groups is 2. The molecule has 0 aliphatic heterocycles. The lowest BCUT2D eigenvalue weighted by atomic mass is 9.96. The number of carboxylic acids is 1. The second-order valence-electron chi connectivity index (χ2n) is 6.14. The quantitative estimate of drug-likeness (QED) is 0.672. The zero-order valence-corrected chi connectivity index (χ0v) is 12.8. The van der Waals surface area contributed by atoms with E-state index >= 15 is 0 Å². The van der Waals surface area contributed by atoms with Crippen LogP contribution in [-0.2, 0) is 4.79 Å². The molecule has 0 aromatic heterocycles. The predicted octanol–water partition coefficient (Wildman–Crippen LogP) is 2.61. The van der Waals surface area contributed by atoms with Crippen LogP contribution < -0.4 is 10.6 Å². The minimum absolute atomic E-state index is 0.0723. The first-order chi connectivity index (χ1) is 9.43. The predicted molar refractivity (Wildman–Crippen MR) is 78.5 cm³/mol. The molecule has 1 aliphatic rings. The first-order valence-electron chi connectivity index (χ1n) is 7.71. The van der Waals surface area contributed by atoms with E-state index in [1.165, 1.54) is 0 Å². The van der Waals surface area contributed by atoms with Gasteiger partial charge in [-0.2, -0.15) is 0 Å². The van der Waals surface area contributed by atoms with Crippen molar-refractivity contribution in [3.05, 3.63) is 0 Å². The van der Waals surface area contributed by atoms with Gasteiger partial charge in [-0.15, -0.1) is 0 Å². The number of hydrogen-bond acceptors (Lipinski definition) is 2. The maximum Gasteiger partial charge on any atom is 0.315 e. The molecule has 0 aromatic carbocycles. The van der Waals surface area contributed by atoms with Crippen molar-refractivity contribution >= 4 is 12.0 Å². The van der Waals surface area contributed by atoms with Crippen molar-refractivity contribution in [3.8, 4) is 0 Å². The molecule has 1 saturated carbocycles. The molecule has 0 radical (unpaired) electrons. The van der Waals surface area contributed by atoms with E-state index < -0.39 is 5.97 Å². The van der Waals surface area contributed by atoms with Gasteiger partial charge in [-0.1, -0.05) is 26.7 Å². The molecule has 5 nitrogen and oxygen atoms in total. The van der Waals surface area contributed by atoms with Crippen molar-refractivity contribution < 1.29 is 14.7 Å². The minimum Gasteiger partial charge on any atom is -0.481 e. The van der Waals surface area contributed by atoms with E-state index in [0.29, 0.717) is 12.5 Å². The number of carboxylic acid groups (broad SMARTS) is 1. The van der Waals surface area contributed by atoms with Crippen LogP contribution in [0.3, 0.4) is 0 Å². The molecular formula is C15H28N2O3. The molecule has 1 fully saturated rings. The summed E-state index contributed by atoms with van der Waals surface area (Å²) < 4.78 is 0. The van der Waals surface area contributed by atoms with Crippen molar-refractivity contribution in [3.63, 3.8) is 0 Å². The summed E-state index contributed by atoms with van der Waals surface area (Å²) in [7, 11) is 0. The summed E-state index contributed by atoms with van der Waals surface area (Å²) in [5, 5.41) is 14.8. The zero-order chi connectivity index (χ0) is 15.1. The summed E-state index contributed by atoms with van der Waals surface area (Å²) in [4.78, 5) is 22.8. The fraction of sp³-hybridized carbons (Fsp3) is 0.867. The van der Waals surface area contributed by atoms with Crippen LogP contribution in [0.2, 0.25) is 0 Å². The third-order valence-electron chi connectivity index (χ3n) is 4.33. The Morgan fingerprint density at radius 2 is 2.00 bits per heavy atom. The first kappa shape index (κ1) is 16.8.